The molecule has 0 fully saturated rings. The normalized spacial score (nSPS) is 14.0. The summed E-state index contributed by atoms with van der Waals surface area (Å²) in [6, 6.07) is 5.98. The third-order valence-corrected chi connectivity index (χ3v) is 5.36. The van der Waals surface area contributed by atoms with Crippen LogP contribution < -0.4 is 10.2 Å². The molecule has 3 rings (SSSR count). The molecule has 0 bridgehead atoms. The molecule has 0 saturated carbocycles. The van der Waals surface area contributed by atoms with E-state index in [4.69, 9.17) is 23.2 Å². The number of carbonyl (C=O) groups excluding carboxylic acids is 2. The smallest absolute Gasteiger partial charge is 0.253 e. The van der Waals surface area contributed by atoms with Gasteiger partial charge in [-0.1, -0.05) is 18.2 Å². The standard InChI is InChI=1S/C22H24Cl2N4O2/c1-27-20-9-8-18(28(12-10-23)13-11-24)15-19(20)25-22(27)26-21(30)17-6-4-16(5-7-17)3-2-14-29/h2-4,6,8-9,14-15H,5,7,10-13H2,1H3,(H,25,26,30). The monoisotopic (exact) mass is 446 g/mol. The van der Waals surface area contributed by atoms with Crippen LogP contribution in [0.5, 0.6) is 0 Å². The second kappa shape index (κ2) is 10.5. The average Bonchev–Trinajstić information content (AvgIpc) is 3.07. The Balaban J connectivity index is 1.79. The molecule has 8 heteroatoms. The number of carbonyl (C=O) groups is 2. The third kappa shape index (κ3) is 5.12. The van der Waals surface area contributed by atoms with E-state index in [-0.39, 0.29) is 5.91 Å². The van der Waals surface area contributed by atoms with Crippen LogP contribution in [0.15, 0.2) is 53.6 Å². The highest BCUT2D eigenvalue weighted by molar-refractivity contribution is 6.18. The van der Waals surface area contributed by atoms with Gasteiger partial charge < -0.3 is 9.47 Å². The fourth-order valence-corrected chi connectivity index (χ4v) is 3.80. The Labute approximate surface area is 185 Å². The number of hydrogen-bond acceptors (Lipinski definition) is 4. The quantitative estimate of drug-likeness (QED) is 0.356. The van der Waals surface area contributed by atoms with Crippen molar-refractivity contribution in [3.63, 3.8) is 0 Å². The second-order valence-electron chi connectivity index (χ2n) is 6.92. The molecule has 158 valence electrons. The van der Waals surface area contributed by atoms with Crippen LogP contribution in [-0.4, -0.2) is 46.6 Å². The summed E-state index contributed by atoms with van der Waals surface area (Å²) in [6.07, 6.45) is 8.95. The van der Waals surface area contributed by atoms with Crippen LogP contribution in [0.4, 0.5) is 11.6 Å². The van der Waals surface area contributed by atoms with Crippen molar-refractivity contribution < 1.29 is 9.59 Å². The van der Waals surface area contributed by atoms with Crippen molar-refractivity contribution in [2.24, 2.45) is 7.05 Å². The number of aryl methyl sites for hydroxylation is 1. The van der Waals surface area contributed by atoms with Crippen LogP contribution in [0.1, 0.15) is 12.8 Å². The predicted molar refractivity (Wildman–Crippen MR) is 124 cm³/mol. The number of hydrogen-bond donors (Lipinski definition) is 1. The molecule has 0 saturated heterocycles. The fraction of sp³-hybridized carbons (Fsp3) is 0.318. The van der Waals surface area contributed by atoms with Crippen molar-refractivity contribution in [2.75, 3.05) is 35.1 Å². The molecule has 0 aliphatic heterocycles. The second-order valence-corrected chi connectivity index (χ2v) is 7.67. The van der Waals surface area contributed by atoms with Crippen LogP contribution in [0, 0.1) is 0 Å². The zero-order valence-corrected chi connectivity index (χ0v) is 18.3. The Morgan fingerprint density at radius 2 is 2.00 bits per heavy atom. The van der Waals surface area contributed by atoms with Gasteiger partial charge in [-0.15, -0.1) is 23.2 Å². The molecule has 1 N–H and O–H groups in total. The first-order chi connectivity index (χ1) is 14.6. The van der Waals surface area contributed by atoms with E-state index in [0.29, 0.717) is 49.2 Å². The van der Waals surface area contributed by atoms with Gasteiger partial charge in [-0.05, 0) is 42.7 Å². The molecule has 1 aliphatic rings. The number of halogens is 2. The van der Waals surface area contributed by atoms with Crippen LogP contribution >= 0.6 is 23.2 Å². The minimum Gasteiger partial charge on any atom is -0.369 e. The first kappa shape index (κ1) is 22.1. The van der Waals surface area contributed by atoms with Gasteiger partial charge in [0, 0.05) is 43.2 Å². The number of alkyl halides is 2. The number of aldehydes is 1. The average molecular weight is 447 g/mol. The van der Waals surface area contributed by atoms with Gasteiger partial charge in [0.2, 0.25) is 5.95 Å². The van der Waals surface area contributed by atoms with E-state index in [1.54, 1.807) is 12.2 Å². The molecule has 6 nitrogen and oxygen atoms in total. The summed E-state index contributed by atoms with van der Waals surface area (Å²) in [6.45, 7) is 1.39. The van der Waals surface area contributed by atoms with Crippen molar-refractivity contribution in [3.05, 3.63) is 53.6 Å². The molecule has 1 amide bonds. The topological polar surface area (TPSA) is 67.2 Å². The summed E-state index contributed by atoms with van der Waals surface area (Å²) in [5.41, 5.74) is 4.41. The van der Waals surface area contributed by atoms with Gasteiger partial charge in [0.05, 0.1) is 11.0 Å². The zero-order valence-electron chi connectivity index (χ0n) is 16.8. The van der Waals surface area contributed by atoms with E-state index < -0.39 is 0 Å². The molecule has 1 aliphatic carbocycles. The maximum Gasteiger partial charge on any atom is 0.253 e. The minimum atomic E-state index is -0.172. The molecular formula is C22H24Cl2N4O2. The lowest BCUT2D eigenvalue weighted by molar-refractivity contribution is -0.113. The number of rotatable bonds is 9. The minimum absolute atomic E-state index is 0.172. The largest absolute Gasteiger partial charge is 0.369 e. The van der Waals surface area contributed by atoms with Gasteiger partial charge >= 0.3 is 0 Å². The van der Waals surface area contributed by atoms with E-state index in [2.05, 4.69) is 15.2 Å². The molecule has 0 radical (unpaired) electrons. The summed E-state index contributed by atoms with van der Waals surface area (Å²) in [7, 11) is 1.87. The summed E-state index contributed by atoms with van der Waals surface area (Å²) in [5, 5.41) is 2.91. The number of fused-ring (bicyclic) bond motifs is 1. The highest BCUT2D eigenvalue weighted by atomic mass is 35.5. The van der Waals surface area contributed by atoms with Gasteiger partial charge in [-0.3, -0.25) is 14.9 Å². The maximum atomic E-state index is 12.7. The number of benzene rings is 1. The number of aromatic nitrogens is 2. The predicted octanol–water partition coefficient (Wildman–Crippen LogP) is 4.20. The molecule has 2 aromatic rings. The van der Waals surface area contributed by atoms with E-state index in [1.807, 2.05) is 35.9 Å². The fourth-order valence-electron chi connectivity index (χ4n) is 3.40. The number of allylic oxidation sites excluding steroid dienone is 5. The first-order valence-corrected chi connectivity index (χ1v) is 10.8. The number of nitrogens with one attached hydrogen (secondary N) is 1. The van der Waals surface area contributed by atoms with Crippen LogP contribution in [0.25, 0.3) is 11.0 Å². The van der Waals surface area contributed by atoms with E-state index in [0.717, 1.165) is 28.6 Å². The summed E-state index contributed by atoms with van der Waals surface area (Å²) in [4.78, 5) is 29.8. The molecule has 0 atom stereocenters. The lowest BCUT2D eigenvalue weighted by atomic mass is 9.97. The lowest BCUT2D eigenvalue weighted by Gasteiger charge is -2.22. The number of imidazole rings is 1. The Morgan fingerprint density at radius 3 is 2.63 bits per heavy atom. The van der Waals surface area contributed by atoms with Crippen LogP contribution in [0.3, 0.4) is 0 Å². The molecule has 0 unspecified atom stereocenters. The molecule has 0 spiro atoms. The highest BCUT2D eigenvalue weighted by Gasteiger charge is 2.17. The van der Waals surface area contributed by atoms with Gasteiger partial charge in [-0.2, -0.15) is 0 Å². The Bertz CT molecular complexity index is 1020. The van der Waals surface area contributed by atoms with Crippen molar-refractivity contribution in [1.29, 1.82) is 0 Å². The molecule has 1 aromatic carbocycles. The third-order valence-electron chi connectivity index (χ3n) is 5.03. The number of anilines is 2. The molecule has 1 aromatic heterocycles. The number of amides is 1. The molecular weight excluding hydrogens is 423 g/mol. The molecule has 30 heavy (non-hydrogen) atoms. The van der Waals surface area contributed by atoms with Crippen LogP contribution in [-0.2, 0) is 16.6 Å². The first-order valence-electron chi connectivity index (χ1n) is 9.73. The van der Waals surface area contributed by atoms with Crippen molar-refractivity contribution >= 4 is 58.1 Å². The number of nitrogens with zero attached hydrogens (tertiary/aromatic N) is 3. The van der Waals surface area contributed by atoms with Gasteiger partial charge in [0.1, 0.15) is 6.29 Å². The molecule has 1 heterocycles. The van der Waals surface area contributed by atoms with Gasteiger partial charge in [-0.25, -0.2) is 4.98 Å². The van der Waals surface area contributed by atoms with E-state index in [9.17, 15) is 9.59 Å². The Morgan fingerprint density at radius 1 is 1.23 bits per heavy atom. The summed E-state index contributed by atoms with van der Waals surface area (Å²) < 4.78 is 1.86. The van der Waals surface area contributed by atoms with Gasteiger partial charge in [0.25, 0.3) is 5.91 Å². The van der Waals surface area contributed by atoms with E-state index >= 15 is 0 Å². The maximum absolute atomic E-state index is 12.7. The summed E-state index contributed by atoms with van der Waals surface area (Å²) >= 11 is 11.8. The Hall–Kier alpha value is -2.57. The van der Waals surface area contributed by atoms with Crippen molar-refractivity contribution in [1.82, 2.24) is 9.55 Å². The van der Waals surface area contributed by atoms with Crippen molar-refractivity contribution in [2.45, 2.75) is 12.8 Å². The van der Waals surface area contributed by atoms with E-state index in [1.165, 1.54) is 6.08 Å². The van der Waals surface area contributed by atoms with Crippen molar-refractivity contribution in [3.8, 4) is 0 Å². The summed E-state index contributed by atoms with van der Waals surface area (Å²) in [5.74, 6) is 1.34. The van der Waals surface area contributed by atoms with Crippen LogP contribution in [0.2, 0.25) is 0 Å². The zero-order chi connectivity index (χ0) is 21.5. The van der Waals surface area contributed by atoms with Gasteiger partial charge in [0.15, 0.2) is 0 Å². The highest BCUT2D eigenvalue weighted by Crippen LogP contribution is 2.26. The Kier molecular flexibility index (Phi) is 7.71. The SMILES string of the molecule is Cn1c(NC(=O)C2=CC=C(C=CC=O)CC2)nc2cc(N(CCCl)CCCl)ccc21. The lowest BCUT2D eigenvalue weighted by Crippen LogP contribution is -2.27.